The van der Waals surface area contributed by atoms with Gasteiger partial charge in [-0.1, -0.05) is 13.8 Å². The minimum Gasteiger partial charge on any atom is -0.329 e. The fraction of sp³-hybridized carbons (Fsp3) is 1.00. The molecule has 1 saturated carbocycles. The van der Waals surface area contributed by atoms with E-state index in [4.69, 9.17) is 5.73 Å². The summed E-state index contributed by atoms with van der Waals surface area (Å²) in [5.74, 6) is 0.777. The highest BCUT2D eigenvalue weighted by molar-refractivity contribution is 5.01. The molecule has 1 aliphatic rings. The minimum atomic E-state index is 0.302. The maximum atomic E-state index is 5.74. The molecule has 1 rings (SSSR count). The summed E-state index contributed by atoms with van der Waals surface area (Å²) in [7, 11) is 0. The Morgan fingerprint density at radius 1 is 1.64 bits per heavy atom. The van der Waals surface area contributed by atoms with Gasteiger partial charge in [-0.3, -0.25) is 0 Å². The quantitative estimate of drug-likeness (QED) is 0.640. The smallest absolute Gasteiger partial charge is 0.0329 e. The third-order valence-corrected chi connectivity index (χ3v) is 3.06. The van der Waals surface area contributed by atoms with Gasteiger partial charge in [0.2, 0.25) is 0 Å². The van der Waals surface area contributed by atoms with Gasteiger partial charge in [0.1, 0.15) is 0 Å². The van der Waals surface area contributed by atoms with E-state index in [1.165, 1.54) is 19.3 Å². The van der Waals surface area contributed by atoms with Gasteiger partial charge in [0, 0.05) is 12.1 Å². The molecule has 3 N–H and O–H groups in total. The van der Waals surface area contributed by atoms with Crippen LogP contribution in [0.2, 0.25) is 0 Å². The average Bonchev–Trinajstić information content (AvgIpc) is 2.04. The lowest BCUT2D eigenvalue weighted by Gasteiger charge is -2.48. The fourth-order valence-corrected chi connectivity index (χ4v) is 1.79. The molecule has 1 aliphatic carbocycles. The van der Waals surface area contributed by atoms with Gasteiger partial charge in [-0.2, -0.15) is 0 Å². The van der Waals surface area contributed by atoms with Crippen LogP contribution in [-0.2, 0) is 0 Å². The molecule has 11 heavy (non-hydrogen) atoms. The molecular weight excluding hydrogens is 136 g/mol. The Morgan fingerprint density at radius 3 is 2.64 bits per heavy atom. The lowest BCUT2D eigenvalue weighted by molar-refractivity contribution is 0.106. The van der Waals surface area contributed by atoms with Crippen molar-refractivity contribution in [3.8, 4) is 0 Å². The van der Waals surface area contributed by atoms with Crippen LogP contribution in [0, 0.1) is 5.92 Å². The van der Waals surface area contributed by atoms with Crippen molar-refractivity contribution in [3.63, 3.8) is 0 Å². The van der Waals surface area contributed by atoms with Crippen LogP contribution in [-0.4, -0.2) is 18.6 Å². The van der Waals surface area contributed by atoms with Crippen molar-refractivity contribution in [3.05, 3.63) is 0 Å². The van der Waals surface area contributed by atoms with Crippen molar-refractivity contribution >= 4 is 0 Å². The number of hydrogen-bond acceptors (Lipinski definition) is 2. The molecule has 0 radical (unpaired) electrons. The van der Waals surface area contributed by atoms with Crippen LogP contribution in [0.15, 0.2) is 0 Å². The molecule has 1 fully saturated rings. The van der Waals surface area contributed by atoms with Crippen molar-refractivity contribution in [1.29, 1.82) is 0 Å². The zero-order chi connectivity index (χ0) is 8.32. The van der Waals surface area contributed by atoms with Gasteiger partial charge in [0.05, 0.1) is 0 Å². The number of nitrogens with one attached hydrogen (secondary N) is 1. The summed E-state index contributed by atoms with van der Waals surface area (Å²) in [5.41, 5.74) is 6.04. The van der Waals surface area contributed by atoms with E-state index in [0.717, 1.165) is 19.0 Å². The van der Waals surface area contributed by atoms with E-state index in [9.17, 15) is 0 Å². The van der Waals surface area contributed by atoms with E-state index in [1.54, 1.807) is 0 Å². The lowest BCUT2D eigenvalue weighted by Crippen LogP contribution is -2.61. The number of nitrogens with two attached hydrogens (primary N) is 1. The Bertz CT molecular complexity index is 121. The van der Waals surface area contributed by atoms with Crippen molar-refractivity contribution in [2.45, 2.75) is 38.6 Å². The van der Waals surface area contributed by atoms with Crippen LogP contribution < -0.4 is 11.1 Å². The van der Waals surface area contributed by atoms with Gasteiger partial charge in [-0.05, 0) is 31.7 Å². The first kappa shape index (κ1) is 9.01. The van der Waals surface area contributed by atoms with Gasteiger partial charge in [-0.15, -0.1) is 0 Å². The van der Waals surface area contributed by atoms with Crippen molar-refractivity contribution in [1.82, 2.24) is 5.32 Å². The highest BCUT2D eigenvalue weighted by atomic mass is 15.0. The molecule has 0 saturated heterocycles. The topological polar surface area (TPSA) is 38.0 Å². The maximum absolute atomic E-state index is 5.74. The van der Waals surface area contributed by atoms with E-state index in [2.05, 4.69) is 19.2 Å². The predicted octanol–water partition coefficient (Wildman–Crippen LogP) is 1.11. The van der Waals surface area contributed by atoms with Crippen LogP contribution >= 0.6 is 0 Å². The fourth-order valence-electron chi connectivity index (χ4n) is 1.79. The van der Waals surface area contributed by atoms with Gasteiger partial charge < -0.3 is 11.1 Å². The van der Waals surface area contributed by atoms with Gasteiger partial charge >= 0.3 is 0 Å². The first-order chi connectivity index (χ1) is 5.25. The zero-order valence-corrected chi connectivity index (χ0v) is 7.69. The van der Waals surface area contributed by atoms with Crippen LogP contribution in [0.3, 0.4) is 0 Å². The van der Waals surface area contributed by atoms with Crippen molar-refractivity contribution in [2.24, 2.45) is 11.7 Å². The second-order valence-corrected chi connectivity index (χ2v) is 3.73. The van der Waals surface area contributed by atoms with Crippen LogP contribution in [0.25, 0.3) is 0 Å². The molecule has 66 valence electrons. The molecule has 0 amide bonds. The summed E-state index contributed by atoms with van der Waals surface area (Å²) in [5, 5.41) is 3.56. The van der Waals surface area contributed by atoms with E-state index in [1.807, 2.05) is 0 Å². The molecule has 0 aromatic carbocycles. The highest BCUT2D eigenvalue weighted by Crippen LogP contribution is 2.37. The Balaban J connectivity index is 2.35. The summed E-state index contributed by atoms with van der Waals surface area (Å²) in [4.78, 5) is 0. The van der Waals surface area contributed by atoms with E-state index < -0.39 is 0 Å². The molecule has 0 aromatic rings. The summed E-state index contributed by atoms with van der Waals surface area (Å²) < 4.78 is 0. The summed E-state index contributed by atoms with van der Waals surface area (Å²) in [6.07, 6.45) is 3.81. The Labute approximate surface area is 69.5 Å². The van der Waals surface area contributed by atoms with Crippen LogP contribution in [0.4, 0.5) is 0 Å². The normalized spacial score (nSPS) is 36.8. The molecule has 0 bridgehead atoms. The average molecular weight is 156 g/mol. The highest BCUT2D eigenvalue weighted by Gasteiger charge is 2.41. The molecule has 0 spiro atoms. The van der Waals surface area contributed by atoms with Gasteiger partial charge in [0.25, 0.3) is 0 Å². The van der Waals surface area contributed by atoms with E-state index >= 15 is 0 Å². The molecule has 2 heteroatoms. The third-order valence-electron chi connectivity index (χ3n) is 3.06. The number of rotatable bonds is 4. The molecule has 2 atom stereocenters. The van der Waals surface area contributed by atoms with Crippen molar-refractivity contribution < 1.29 is 0 Å². The molecule has 2 unspecified atom stereocenters. The van der Waals surface area contributed by atoms with Crippen LogP contribution in [0.1, 0.15) is 33.1 Å². The largest absolute Gasteiger partial charge is 0.329 e. The third kappa shape index (κ3) is 1.57. The first-order valence-electron chi connectivity index (χ1n) is 4.70. The maximum Gasteiger partial charge on any atom is 0.0329 e. The Hall–Kier alpha value is -0.0800. The van der Waals surface area contributed by atoms with Gasteiger partial charge in [0.15, 0.2) is 0 Å². The predicted molar refractivity (Wildman–Crippen MR) is 48.5 cm³/mol. The summed E-state index contributed by atoms with van der Waals surface area (Å²) >= 11 is 0. The Kier molecular flexibility index (Phi) is 2.90. The molecular formula is C9H20N2. The zero-order valence-electron chi connectivity index (χ0n) is 7.69. The monoisotopic (exact) mass is 156 g/mol. The summed E-state index contributed by atoms with van der Waals surface area (Å²) in [6.45, 7) is 6.40. The minimum absolute atomic E-state index is 0.302. The lowest BCUT2D eigenvalue weighted by atomic mass is 9.67. The summed E-state index contributed by atoms with van der Waals surface area (Å²) in [6, 6.07) is 0. The van der Waals surface area contributed by atoms with Crippen molar-refractivity contribution in [2.75, 3.05) is 13.1 Å². The standard InChI is InChI=1S/C9H20N2/c1-3-6-11-9(7-10)5-4-8(9)2/h8,11H,3-7,10H2,1-2H3. The van der Waals surface area contributed by atoms with E-state index in [0.29, 0.717) is 5.54 Å². The van der Waals surface area contributed by atoms with Crippen LogP contribution in [0.5, 0.6) is 0 Å². The molecule has 0 aliphatic heterocycles. The SMILES string of the molecule is CCCNC1(CN)CCC1C. The molecule has 0 aromatic heterocycles. The first-order valence-corrected chi connectivity index (χ1v) is 4.70. The molecule has 0 heterocycles. The Morgan fingerprint density at radius 2 is 2.36 bits per heavy atom. The van der Waals surface area contributed by atoms with Gasteiger partial charge in [-0.25, -0.2) is 0 Å². The van der Waals surface area contributed by atoms with E-state index in [-0.39, 0.29) is 0 Å². The number of hydrogen-bond donors (Lipinski definition) is 2. The second kappa shape index (κ2) is 3.55. The molecule has 2 nitrogen and oxygen atoms in total. The second-order valence-electron chi connectivity index (χ2n) is 3.73.